The quantitative estimate of drug-likeness (QED) is 0.446. The van der Waals surface area contributed by atoms with Gasteiger partial charge in [-0.1, -0.05) is 22.9 Å². The summed E-state index contributed by atoms with van der Waals surface area (Å²) in [6.45, 7) is 2.94. The molecule has 1 heterocycles. The molecule has 0 atom stereocenters. The molecule has 3 rings (SSSR count). The molecule has 0 aliphatic carbocycles. The van der Waals surface area contributed by atoms with Gasteiger partial charge in [0.15, 0.2) is 15.0 Å². The maximum Gasteiger partial charge on any atom is 0.229 e. The van der Waals surface area contributed by atoms with Crippen LogP contribution in [-0.2, 0) is 14.6 Å². The third-order valence-electron chi connectivity index (χ3n) is 4.94. The van der Waals surface area contributed by atoms with Gasteiger partial charge in [-0.3, -0.25) is 9.69 Å². The molecule has 1 amide bonds. The number of aryl methyl sites for hydroxylation is 1. The molecule has 0 saturated heterocycles. The smallest absolute Gasteiger partial charge is 0.229 e. The summed E-state index contributed by atoms with van der Waals surface area (Å²) < 4.78 is 31.4. The lowest BCUT2D eigenvalue weighted by molar-refractivity contribution is -0.118. The number of amides is 1. The molecule has 10 heteroatoms. The largest absolute Gasteiger partial charge is 0.497 e. The van der Waals surface area contributed by atoms with Gasteiger partial charge < -0.3 is 9.64 Å². The minimum Gasteiger partial charge on any atom is -0.497 e. The van der Waals surface area contributed by atoms with Crippen LogP contribution in [0.5, 0.6) is 5.75 Å². The zero-order valence-corrected chi connectivity index (χ0v) is 20.9. The van der Waals surface area contributed by atoms with Crippen LogP contribution in [0.2, 0.25) is 5.02 Å². The summed E-state index contributed by atoms with van der Waals surface area (Å²) in [6.07, 6.45) is -0.141. The van der Waals surface area contributed by atoms with Gasteiger partial charge in [-0.2, -0.15) is 0 Å². The summed E-state index contributed by atoms with van der Waals surface area (Å²) in [6, 6.07) is 9.82. The van der Waals surface area contributed by atoms with Gasteiger partial charge >= 0.3 is 0 Å². The van der Waals surface area contributed by atoms with Crippen LogP contribution in [0.25, 0.3) is 10.2 Å². The number of hydrogen-bond acceptors (Lipinski definition) is 7. The number of rotatable bonds is 9. The predicted molar refractivity (Wildman–Crippen MR) is 130 cm³/mol. The second kappa shape index (κ2) is 10.2. The number of hydrogen-bond donors (Lipinski definition) is 0. The third kappa shape index (κ3) is 5.78. The maximum atomic E-state index is 13.1. The molecule has 172 valence electrons. The molecule has 0 bridgehead atoms. The third-order valence-corrected chi connectivity index (χ3v) is 7.92. The molecule has 0 unspecified atom stereocenters. The molecular formula is C22H26ClN3O4S2. The molecule has 3 aromatic rings. The van der Waals surface area contributed by atoms with Crippen molar-refractivity contribution in [2.75, 3.05) is 44.9 Å². The van der Waals surface area contributed by atoms with E-state index in [-0.39, 0.29) is 23.0 Å². The first-order valence-electron chi connectivity index (χ1n) is 9.99. The minimum absolute atomic E-state index is 0.141. The highest BCUT2D eigenvalue weighted by Crippen LogP contribution is 2.33. The van der Waals surface area contributed by atoms with Crippen LogP contribution in [0, 0.1) is 6.92 Å². The number of fused-ring (bicyclic) bond motifs is 1. The second-order valence-electron chi connectivity index (χ2n) is 7.66. The number of ether oxygens (including phenoxy) is 1. The molecule has 0 N–H and O–H groups in total. The zero-order chi connectivity index (χ0) is 23.5. The molecule has 7 nitrogen and oxygen atoms in total. The van der Waals surface area contributed by atoms with Gasteiger partial charge in [0, 0.05) is 24.5 Å². The van der Waals surface area contributed by atoms with E-state index < -0.39 is 9.84 Å². The van der Waals surface area contributed by atoms with Gasteiger partial charge in [-0.05, 0) is 63.0 Å². The van der Waals surface area contributed by atoms with Crippen molar-refractivity contribution in [3.8, 4) is 5.75 Å². The molecule has 0 fully saturated rings. The number of carbonyl (C=O) groups is 1. The van der Waals surface area contributed by atoms with Gasteiger partial charge in [0.1, 0.15) is 5.75 Å². The number of halogens is 1. The summed E-state index contributed by atoms with van der Waals surface area (Å²) in [5.41, 5.74) is 1.72. The average Bonchev–Trinajstić information content (AvgIpc) is 3.16. The van der Waals surface area contributed by atoms with Crippen LogP contribution >= 0.6 is 22.9 Å². The van der Waals surface area contributed by atoms with Crippen LogP contribution in [0.15, 0.2) is 41.3 Å². The highest BCUT2D eigenvalue weighted by atomic mass is 35.5. The van der Waals surface area contributed by atoms with Crippen molar-refractivity contribution in [3.05, 3.63) is 47.0 Å². The Bertz CT molecular complexity index is 1210. The molecule has 2 aromatic carbocycles. The standard InChI is InChI=1S/C22H26ClN3O4S2/c1-15-13-16(23)14-19-21(15)24-22(31-19)26(11-10-25(2)3)20(27)9-12-32(28,29)18-7-5-17(30-4)6-8-18/h5-8,13-14H,9-12H2,1-4H3. The Labute approximate surface area is 197 Å². The Morgan fingerprint density at radius 1 is 1.16 bits per heavy atom. The second-order valence-corrected chi connectivity index (χ2v) is 11.2. The Balaban J connectivity index is 1.82. The van der Waals surface area contributed by atoms with Crippen molar-refractivity contribution in [1.82, 2.24) is 9.88 Å². The van der Waals surface area contributed by atoms with E-state index in [1.54, 1.807) is 17.0 Å². The van der Waals surface area contributed by atoms with Crippen LogP contribution in [-0.4, -0.2) is 64.3 Å². The lowest BCUT2D eigenvalue weighted by Crippen LogP contribution is -2.37. The van der Waals surface area contributed by atoms with Crippen molar-refractivity contribution >= 4 is 54.0 Å². The normalized spacial score (nSPS) is 11.8. The Kier molecular flexibility index (Phi) is 7.76. The van der Waals surface area contributed by atoms with Gasteiger partial charge in [0.05, 0.1) is 28.0 Å². The fourth-order valence-corrected chi connectivity index (χ4v) is 5.84. The molecule has 0 radical (unpaired) electrons. The summed E-state index contributed by atoms with van der Waals surface area (Å²) in [4.78, 5) is 21.5. The highest BCUT2D eigenvalue weighted by molar-refractivity contribution is 7.91. The van der Waals surface area contributed by atoms with E-state index in [1.807, 2.05) is 38.1 Å². The first-order chi connectivity index (χ1) is 15.1. The number of thiazole rings is 1. The van der Waals surface area contributed by atoms with Crippen molar-refractivity contribution in [1.29, 1.82) is 0 Å². The predicted octanol–water partition coefficient (Wildman–Crippen LogP) is 4.03. The number of likely N-dealkylation sites (N-methyl/N-ethyl adjacent to an activating group) is 1. The van der Waals surface area contributed by atoms with Crippen LogP contribution < -0.4 is 9.64 Å². The fraction of sp³-hybridized carbons (Fsp3) is 0.364. The van der Waals surface area contributed by atoms with Gasteiger partial charge in [0.25, 0.3) is 0 Å². The Morgan fingerprint density at radius 2 is 1.84 bits per heavy atom. The lowest BCUT2D eigenvalue weighted by atomic mass is 10.2. The molecule has 0 aliphatic rings. The van der Waals surface area contributed by atoms with Crippen LogP contribution in [0.3, 0.4) is 0 Å². The van der Waals surface area contributed by atoms with Crippen LogP contribution in [0.1, 0.15) is 12.0 Å². The van der Waals surface area contributed by atoms with Crippen molar-refractivity contribution < 1.29 is 17.9 Å². The summed E-state index contributed by atoms with van der Waals surface area (Å²) in [5, 5.41) is 1.15. The number of anilines is 1. The van der Waals surface area contributed by atoms with Crippen LogP contribution in [0.4, 0.5) is 5.13 Å². The number of benzene rings is 2. The molecule has 0 spiro atoms. The van der Waals surface area contributed by atoms with Gasteiger partial charge in [-0.15, -0.1) is 0 Å². The summed E-state index contributed by atoms with van der Waals surface area (Å²) >= 11 is 7.55. The summed E-state index contributed by atoms with van der Waals surface area (Å²) in [5.74, 6) is -0.000282. The number of carbonyl (C=O) groups excluding carboxylic acids is 1. The molecule has 0 aliphatic heterocycles. The maximum absolute atomic E-state index is 13.1. The van der Waals surface area contributed by atoms with Crippen molar-refractivity contribution in [3.63, 3.8) is 0 Å². The van der Waals surface area contributed by atoms with E-state index in [0.29, 0.717) is 29.0 Å². The number of aromatic nitrogens is 1. The van der Waals surface area contributed by atoms with E-state index in [2.05, 4.69) is 4.98 Å². The topological polar surface area (TPSA) is 79.8 Å². The monoisotopic (exact) mass is 495 g/mol. The molecular weight excluding hydrogens is 470 g/mol. The van der Waals surface area contributed by atoms with Crippen molar-refractivity contribution in [2.45, 2.75) is 18.2 Å². The lowest BCUT2D eigenvalue weighted by Gasteiger charge is -2.22. The minimum atomic E-state index is -3.61. The number of methoxy groups -OCH3 is 1. The van der Waals surface area contributed by atoms with Gasteiger partial charge in [-0.25, -0.2) is 13.4 Å². The van der Waals surface area contributed by atoms with E-state index in [9.17, 15) is 13.2 Å². The van der Waals surface area contributed by atoms with Crippen molar-refractivity contribution in [2.24, 2.45) is 0 Å². The molecule has 0 saturated carbocycles. The Hall–Kier alpha value is -2.20. The highest BCUT2D eigenvalue weighted by Gasteiger charge is 2.24. The number of sulfone groups is 1. The first-order valence-corrected chi connectivity index (χ1v) is 12.8. The van der Waals surface area contributed by atoms with E-state index in [4.69, 9.17) is 16.3 Å². The summed E-state index contributed by atoms with van der Waals surface area (Å²) in [7, 11) is 1.74. The van der Waals surface area contributed by atoms with E-state index in [0.717, 1.165) is 15.8 Å². The first kappa shape index (κ1) is 24.4. The SMILES string of the molecule is COc1ccc(S(=O)(=O)CCC(=O)N(CCN(C)C)c2nc3c(C)cc(Cl)cc3s2)cc1. The number of nitrogens with zero attached hydrogens (tertiary/aromatic N) is 3. The van der Waals surface area contributed by atoms with E-state index in [1.165, 1.54) is 30.6 Å². The molecule has 32 heavy (non-hydrogen) atoms. The Morgan fingerprint density at radius 3 is 2.47 bits per heavy atom. The fourth-order valence-electron chi connectivity index (χ4n) is 3.14. The molecule has 1 aromatic heterocycles. The van der Waals surface area contributed by atoms with E-state index >= 15 is 0 Å². The zero-order valence-electron chi connectivity index (χ0n) is 18.5. The average molecular weight is 496 g/mol. The van der Waals surface area contributed by atoms with Gasteiger partial charge in [0.2, 0.25) is 5.91 Å².